The molecule has 0 spiro atoms. The standard InChI is InChI=1S/C13H17N3O2/c14-12(17)10-13(18)16-8-6-15(7-9-16)11-4-2-1-3-5-11/h1-5H,6-10H2,(H2,14,17). The molecule has 1 aliphatic rings. The van der Waals surface area contributed by atoms with Crippen LogP contribution in [0.2, 0.25) is 0 Å². The average Bonchev–Trinajstić information content (AvgIpc) is 2.39. The Bertz CT molecular complexity index is 425. The van der Waals surface area contributed by atoms with Crippen molar-refractivity contribution in [3.05, 3.63) is 30.3 Å². The number of piperazine rings is 1. The molecular weight excluding hydrogens is 230 g/mol. The highest BCUT2D eigenvalue weighted by Crippen LogP contribution is 2.15. The Hall–Kier alpha value is -2.04. The second-order valence-electron chi connectivity index (χ2n) is 4.35. The van der Waals surface area contributed by atoms with E-state index >= 15 is 0 Å². The first-order valence-corrected chi connectivity index (χ1v) is 6.03. The number of para-hydroxylation sites is 1. The quantitative estimate of drug-likeness (QED) is 0.776. The fourth-order valence-corrected chi connectivity index (χ4v) is 2.11. The van der Waals surface area contributed by atoms with E-state index in [1.54, 1.807) is 4.90 Å². The number of benzene rings is 1. The van der Waals surface area contributed by atoms with Crippen LogP contribution < -0.4 is 10.6 Å². The molecule has 2 amide bonds. The van der Waals surface area contributed by atoms with Gasteiger partial charge in [-0.3, -0.25) is 9.59 Å². The fraction of sp³-hybridized carbons (Fsp3) is 0.385. The number of anilines is 1. The number of amides is 2. The highest BCUT2D eigenvalue weighted by atomic mass is 16.2. The third-order valence-corrected chi connectivity index (χ3v) is 3.08. The minimum absolute atomic E-state index is 0.171. The lowest BCUT2D eigenvalue weighted by atomic mass is 10.2. The third-order valence-electron chi connectivity index (χ3n) is 3.08. The zero-order valence-electron chi connectivity index (χ0n) is 10.2. The number of primary amides is 1. The van der Waals surface area contributed by atoms with E-state index in [1.165, 1.54) is 5.69 Å². The van der Waals surface area contributed by atoms with Gasteiger partial charge in [0.05, 0.1) is 0 Å². The van der Waals surface area contributed by atoms with Gasteiger partial charge in [0.15, 0.2) is 0 Å². The van der Waals surface area contributed by atoms with Crippen LogP contribution in [0.1, 0.15) is 6.42 Å². The molecular formula is C13H17N3O2. The summed E-state index contributed by atoms with van der Waals surface area (Å²) >= 11 is 0. The molecule has 1 heterocycles. The van der Waals surface area contributed by atoms with Crippen LogP contribution >= 0.6 is 0 Å². The topological polar surface area (TPSA) is 66.6 Å². The van der Waals surface area contributed by atoms with E-state index in [0.717, 1.165) is 13.1 Å². The normalized spacial score (nSPS) is 15.6. The summed E-state index contributed by atoms with van der Waals surface area (Å²) in [5.74, 6) is -0.735. The van der Waals surface area contributed by atoms with Crippen molar-refractivity contribution >= 4 is 17.5 Å². The largest absolute Gasteiger partial charge is 0.369 e. The minimum atomic E-state index is -0.564. The van der Waals surface area contributed by atoms with Crippen LogP contribution in [0.15, 0.2) is 30.3 Å². The first-order chi connectivity index (χ1) is 8.66. The van der Waals surface area contributed by atoms with Crippen molar-refractivity contribution in [3.8, 4) is 0 Å². The number of carbonyl (C=O) groups excluding carboxylic acids is 2. The highest BCUT2D eigenvalue weighted by molar-refractivity contribution is 5.96. The maximum atomic E-state index is 11.7. The van der Waals surface area contributed by atoms with E-state index < -0.39 is 5.91 Å². The molecule has 0 aliphatic carbocycles. The van der Waals surface area contributed by atoms with Crippen molar-refractivity contribution in [3.63, 3.8) is 0 Å². The zero-order chi connectivity index (χ0) is 13.0. The molecule has 1 aromatic carbocycles. The highest BCUT2D eigenvalue weighted by Gasteiger charge is 2.21. The first kappa shape index (κ1) is 12.4. The van der Waals surface area contributed by atoms with Gasteiger partial charge in [-0.25, -0.2) is 0 Å². The van der Waals surface area contributed by atoms with E-state index in [2.05, 4.69) is 17.0 Å². The summed E-state index contributed by atoms with van der Waals surface area (Å²) in [5.41, 5.74) is 6.19. The van der Waals surface area contributed by atoms with Crippen molar-refractivity contribution in [1.82, 2.24) is 4.90 Å². The number of hydrogen-bond acceptors (Lipinski definition) is 3. The van der Waals surface area contributed by atoms with Gasteiger partial charge in [-0.05, 0) is 12.1 Å². The van der Waals surface area contributed by atoms with Crippen molar-refractivity contribution in [2.75, 3.05) is 31.1 Å². The SMILES string of the molecule is NC(=O)CC(=O)N1CCN(c2ccccc2)CC1. The van der Waals surface area contributed by atoms with Crippen LogP contribution in [0, 0.1) is 0 Å². The molecule has 1 fully saturated rings. The van der Waals surface area contributed by atoms with Gasteiger partial charge in [-0.1, -0.05) is 18.2 Å². The van der Waals surface area contributed by atoms with E-state index in [0.29, 0.717) is 13.1 Å². The molecule has 96 valence electrons. The molecule has 0 unspecified atom stereocenters. The summed E-state index contributed by atoms with van der Waals surface area (Å²) in [6.45, 7) is 2.85. The van der Waals surface area contributed by atoms with Crippen LogP contribution in [0.25, 0.3) is 0 Å². The monoisotopic (exact) mass is 247 g/mol. The molecule has 1 aromatic rings. The number of nitrogens with two attached hydrogens (primary N) is 1. The Morgan fingerprint density at radius 3 is 2.22 bits per heavy atom. The lowest BCUT2D eigenvalue weighted by Gasteiger charge is -2.36. The van der Waals surface area contributed by atoms with E-state index in [9.17, 15) is 9.59 Å². The summed E-state index contributed by atoms with van der Waals surface area (Å²) in [6.07, 6.45) is -0.189. The Balaban J connectivity index is 1.88. The molecule has 5 nitrogen and oxygen atoms in total. The second-order valence-corrected chi connectivity index (χ2v) is 4.35. The smallest absolute Gasteiger partial charge is 0.232 e. The van der Waals surface area contributed by atoms with Gasteiger partial charge < -0.3 is 15.5 Å². The molecule has 0 atom stereocenters. The Labute approximate surface area is 106 Å². The van der Waals surface area contributed by atoms with E-state index in [4.69, 9.17) is 5.73 Å². The molecule has 1 saturated heterocycles. The molecule has 0 saturated carbocycles. The summed E-state index contributed by atoms with van der Waals surface area (Å²) in [7, 11) is 0. The molecule has 2 N–H and O–H groups in total. The Morgan fingerprint density at radius 1 is 1.06 bits per heavy atom. The molecule has 0 radical (unpaired) electrons. The second kappa shape index (κ2) is 5.53. The number of carbonyl (C=O) groups is 2. The van der Waals surface area contributed by atoms with Crippen LogP contribution in [0.4, 0.5) is 5.69 Å². The van der Waals surface area contributed by atoms with Gasteiger partial charge in [0.2, 0.25) is 11.8 Å². The van der Waals surface area contributed by atoms with Gasteiger partial charge in [-0.2, -0.15) is 0 Å². The van der Waals surface area contributed by atoms with Crippen LogP contribution in [0.3, 0.4) is 0 Å². The number of hydrogen-bond donors (Lipinski definition) is 1. The fourth-order valence-electron chi connectivity index (χ4n) is 2.11. The maximum Gasteiger partial charge on any atom is 0.232 e. The van der Waals surface area contributed by atoms with Crippen LogP contribution in [-0.4, -0.2) is 42.9 Å². The van der Waals surface area contributed by atoms with Crippen molar-refractivity contribution < 1.29 is 9.59 Å². The van der Waals surface area contributed by atoms with Crippen molar-refractivity contribution in [2.24, 2.45) is 5.73 Å². The molecule has 2 rings (SSSR count). The Kier molecular flexibility index (Phi) is 3.82. The van der Waals surface area contributed by atoms with Crippen LogP contribution in [0.5, 0.6) is 0 Å². The van der Waals surface area contributed by atoms with E-state index in [-0.39, 0.29) is 12.3 Å². The van der Waals surface area contributed by atoms with Gasteiger partial charge in [0.25, 0.3) is 0 Å². The molecule has 0 bridgehead atoms. The third kappa shape index (κ3) is 3.00. The number of rotatable bonds is 3. The van der Waals surface area contributed by atoms with Gasteiger partial charge in [0.1, 0.15) is 6.42 Å². The Morgan fingerprint density at radius 2 is 1.67 bits per heavy atom. The summed E-state index contributed by atoms with van der Waals surface area (Å²) in [4.78, 5) is 26.3. The molecule has 5 heteroatoms. The molecule has 18 heavy (non-hydrogen) atoms. The molecule has 1 aliphatic heterocycles. The zero-order valence-corrected chi connectivity index (χ0v) is 10.2. The predicted octanol–water partition coefficient (Wildman–Crippen LogP) is 0.211. The molecule has 0 aromatic heterocycles. The van der Waals surface area contributed by atoms with Crippen LogP contribution in [-0.2, 0) is 9.59 Å². The summed E-state index contributed by atoms with van der Waals surface area (Å²) < 4.78 is 0. The van der Waals surface area contributed by atoms with Gasteiger partial charge >= 0.3 is 0 Å². The summed E-state index contributed by atoms with van der Waals surface area (Å²) in [5, 5.41) is 0. The van der Waals surface area contributed by atoms with Crippen molar-refractivity contribution in [1.29, 1.82) is 0 Å². The summed E-state index contributed by atoms with van der Waals surface area (Å²) in [6, 6.07) is 10.1. The predicted molar refractivity (Wildman–Crippen MR) is 69.0 cm³/mol. The van der Waals surface area contributed by atoms with Gasteiger partial charge in [0, 0.05) is 31.9 Å². The maximum absolute atomic E-state index is 11.7. The van der Waals surface area contributed by atoms with Gasteiger partial charge in [-0.15, -0.1) is 0 Å². The average molecular weight is 247 g/mol. The van der Waals surface area contributed by atoms with Crippen molar-refractivity contribution in [2.45, 2.75) is 6.42 Å². The first-order valence-electron chi connectivity index (χ1n) is 6.03. The van der Waals surface area contributed by atoms with E-state index in [1.807, 2.05) is 18.2 Å². The minimum Gasteiger partial charge on any atom is -0.369 e. The lowest BCUT2D eigenvalue weighted by Crippen LogP contribution is -2.49. The lowest BCUT2D eigenvalue weighted by molar-refractivity contribution is -0.135. The number of nitrogens with zero attached hydrogens (tertiary/aromatic N) is 2.